The molecule has 2 rings (SSSR count). The first-order chi connectivity index (χ1) is 6.22. The Balaban J connectivity index is 2.76. The van der Waals surface area contributed by atoms with Crippen molar-refractivity contribution in [3.63, 3.8) is 0 Å². The van der Waals surface area contributed by atoms with Crippen LogP contribution in [0, 0.1) is 0 Å². The molecule has 0 saturated carbocycles. The van der Waals surface area contributed by atoms with Crippen LogP contribution in [0.25, 0.3) is 10.9 Å². The Morgan fingerprint density at radius 1 is 1.46 bits per heavy atom. The molecule has 2 nitrogen and oxygen atoms in total. The molecule has 0 aliphatic carbocycles. The fourth-order valence-corrected chi connectivity index (χ4v) is 2.11. The zero-order valence-corrected chi connectivity index (χ0v) is 9.11. The van der Waals surface area contributed by atoms with Crippen molar-refractivity contribution in [3.8, 4) is 0 Å². The summed E-state index contributed by atoms with van der Waals surface area (Å²) < 4.78 is 1.03. The molecule has 1 aromatic carbocycles. The topological polar surface area (TPSA) is 41.8 Å². The molecular weight excluding hydrogens is 251 g/mol. The van der Waals surface area contributed by atoms with E-state index in [1.165, 1.54) is 0 Å². The number of aromatic nitrogens is 1. The summed E-state index contributed by atoms with van der Waals surface area (Å²) >= 11 is 9.34. The highest BCUT2D eigenvalue weighted by Crippen LogP contribution is 2.29. The highest BCUT2D eigenvalue weighted by molar-refractivity contribution is 9.10. The van der Waals surface area contributed by atoms with Crippen molar-refractivity contribution in [1.82, 2.24) is 4.98 Å². The lowest BCUT2D eigenvalue weighted by molar-refractivity contribution is 1.01. The maximum absolute atomic E-state index is 5.86. The van der Waals surface area contributed by atoms with Gasteiger partial charge in [0.1, 0.15) is 0 Å². The van der Waals surface area contributed by atoms with Crippen LogP contribution in [-0.2, 0) is 6.54 Å². The molecule has 0 unspecified atom stereocenters. The maximum Gasteiger partial charge on any atom is 0.0483 e. The van der Waals surface area contributed by atoms with Gasteiger partial charge in [0.15, 0.2) is 0 Å². The molecule has 0 radical (unpaired) electrons. The second-order valence-corrected chi connectivity index (χ2v) is 4.04. The van der Waals surface area contributed by atoms with Gasteiger partial charge in [0, 0.05) is 32.6 Å². The van der Waals surface area contributed by atoms with Crippen molar-refractivity contribution in [2.75, 3.05) is 0 Å². The average Bonchev–Trinajstić information content (AvgIpc) is 2.42. The zero-order chi connectivity index (χ0) is 9.42. The molecule has 0 spiro atoms. The van der Waals surface area contributed by atoms with E-state index in [-0.39, 0.29) is 0 Å². The molecule has 0 aliphatic rings. The molecule has 1 heterocycles. The number of halogens is 2. The standard InChI is InChI=1S/C9H8BrClN2/c10-9-6-2-1-5(11)3-7(6)13-8(9)4-12/h1-3,13H,4,12H2. The van der Waals surface area contributed by atoms with Crippen molar-refractivity contribution in [3.05, 3.63) is 33.4 Å². The normalized spacial score (nSPS) is 11.0. The summed E-state index contributed by atoms with van der Waals surface area (Å²) in [7, 11) is 0. The number of hydrogen-bond donors (Lipinski definition) is 2. The van der Waals surface area contributed by atoms with Crippen molar-refractivity contribution < 1.29 is 0 Å². The van der Waals surface area contributed by atoms with Gasteiger partial charge in [-0.3, -0.25) is 0 Å². The Bertz CT molecular complexity index is 450. The predicted molar refractivity (Wildman–Crippen MR) is 58.9 cm³/mol. The van der Waals surface area contributed by atoms with E-state index in [1.54, 1.807) is 0 Å². The number of hydrogen-bond acceptors (Lipinski definition) is 1. The van der Waals surface area contributed by atoms with Crippen LogP contribution in [-0.4, -0.2) is 4.98 Å². The van der Waals surface area contributed by atoms with Gasteiger partial charge in [-0.15, -0.1) is 0 Å². The van der Waals surface area contributed by atoms with E-state index in [9.17, 15) is 0 Å². The van der Waals surface area contributed by atoms with Gasteiger partial charge in [0.05, 0.1) is 0 Å². The van der Waals surface area contributed by atoms with Gasteiger partial charge >= 0.3 is 0 Å². The highest BCUT2D eigenvalue weighted by atomic mass is 79.9. The van der Waals surface area contributed by atoms with Crippen LogP contribution in [0.5, 0.6) is 0 Å². The van der Waals surface area contributed by atoms with Crippen LogP contribution in [0.2, 0.25) is 5.02 Å². The summed E-state index contributed by atoms with van der Waals surface area (Å²) in [5, 5.41) is 1.84. The number of nitrogens with two attached hydrogens (primary N) is 1. The van der Waals surface area contributed by atoms with Gasteiger partial charge in [-0.2, -0.15) is 0 Å². The van der Waals surface area contributed by atoms with Crippen LogP contribution in [0.4, 0.5) is 0 Å². The highest BCUT2D eigenvalue weighted by Gasteiger charge is 2.06. The van der Waals surface area contributed by atoms with Crippen LogP contribution < -0.4 is 5.73 Å². The lowest BCUT2D eigenvalue weighted by atomic mass is 10.2. The molecule has 4 heteroatoms. The van der Waals surface area contributed by atoms with E-state index >= 15 is 0 Å². The molecule has 13 heavy (non-hydrogen) atoms. The third kappa shape index (κ3) is 1.47. The first-order valence-corrected chi connectivity index (χ1v) is 5.05. The summed E-state index contributed by atoms with van der Waals surface area (Å²) in [6, 6.07) is 5.72. The summed E-state index contributed by atoms with van der Waals surface area (Å²) in [4.78, 5) is 3.20. The fraction of sp³-hybridized carbons (Fsp3) is 0.111. The van der Waals surface area contributed by atoms with Crippen LogP contribution >= 0.6 is 27.5 Å². The Kier molecular flexibility index (Phi) is 2.32. The summed E-state index contributed by atoms with van der Waals surface area (Å²) in [5.41, 5.74) is 7.57. The molecule has 0 atom stereocenters. The van der Waals surface area contributed by atoms with E-state index in [1.807, 2.05) is 18.2 Å². The number of rotatable bonds is 1. The maximum atomic E-state index is 5.86. The number of aromatic amines is 1. The van der Waals surface area contributed by atoms with Crippen molar-refractivity contribution in [1.29, 1.82) is 0 Å². The molecule has 1 aromatic heterocycles. The van der Waals surface area contributed by atoms with Gasteiger partial charge in [0.2, 0.25) is 0 Å². The Morgan fingerprint density at radius 2 is 2.23 bits per heavy atom. The Hall–Kier alpha value is -0.510. The molecule has 0 saturated heterocycles. The van der Waals surface area contributed by atoms with Gasteiger partial charge in [-0.1, -0.05) is 17.7 Å². The van der Waals surface area contributed by atoms with E-state index in [2.05, 4.69) is 20.9 Å². The van der Waals surface area contributed by atoms with Gasteiger partial charge in [-0.25, -0.2) is 0 Å². The Morgan fingerprint density at radius 3 is 2.92 bits per heavy atom. The molecular formula is C9H8BrClN2. The van der Waals surface area contributed by atoms with E-state index in [0.717, 1.165) is 26.1 Å². The summed E-state index contributed by atoms with van der Waals surface area (Å²) in [6.45, 7) is 0.493. The number of nitrogens with one attached hydrogen (secondary N) is 1. The quantitative estimate of drug-likeness (QED) is 0.812. The fourth-order valence-electron chi connectivity index (χ4n) is 1.33. The first kappa shape index (κ1) is 9.06. The Labute approximate surface area is 89.2 Å². The number of fused-ring (bicyclic) bond motifs is 1. The second-order valence-electron chi connectivity index (χ2n) is 2.81. The molecule has 2 aromatic rings. The van der Waals surface area contributed by atoms with Crippen molar-refractivity contribution in [2.45, 2.75) is 6.54 Å². The monoisotopic (exact) mass is 258 g/mol. The van der Waals surface area contributed by atoms with Gasteiger partial charge in [-0.05, 0) is 28.1 Å². The third-order valence-corrected chi connectivity index (χ3v) is 3.11. The zero-order valence-electron chi connectivity index (χ0n) is 6.77. The van der Waals surface area contributed by atoms with Gasteiger partial charge < -0.3 is 10.7 Å². The molecule has 0 fully saturated rings. The lowest BCUT2D eigenvalue weighted by Gasteiger charge is -1.90. The van der Waals surface area contributed by atoms with Crippen LogP contribution in [0.3, 0.4) is 0 Å². The molecule has 0 bridgehead atoms. The molecule has 0 aliphatic heterocycles. The van der Waals surface area contributed by atoms with Crippen LogP contribution in [0.15, 0.2) is 22.7 Å². The van der Waals surface area contributed by atoms with E-state index < -0.39 is 0 Å². The number of H-pyrrole nitrogens is 1. The van der Waals surface area contributed by atoms with Gasteiger partial charge in [0.25, 0.3) is 0 Å². The number of benzene rings is 1. The minimum absolute atomic E-state index is 0.493. The van der Waals surface area contributed by atoms with Crippen molar-refractivity contribution >= 4 is 38.4 Å². The van der Waals surface area contributed by atoms with Crippen LogP contribution in [0.1, 0.15) is 5.69 Å². The lowest BCUT2D eigenvalue weighted by Crippen LogP contribution is -1.96. The third-order valence-electron chi connectivity index (χ3n) is 1.97. The minimum atomic E-state index is 0.493. The first-order valence-electron chi connectivity index (χ1n) is 3.88. The molecule has 68 valence electrons. The molecule has 0 amide bonds. The van der Waals surface area contributed by atoms with Crippen molar-refractivity contribution in [2.24, 2.45) is 5.73 Å². The second kappa shape index (κ2) is 3.33. The molecule has 3 N–H and O–H groups in total. The van der Waals surface area contributed by atoms with E-state index in [4.69, 9.17) is 17.3 Å². The largest absolute Gasteiger partial charge is 0.356 e. The average molecular weight is 260 g/mol. The summed E-state index contributed by atoms with van der Waals surface area (Å²) in [6.07, 6.45) is 0. The minimum Gasteiger partial charge on any atom is -0.356 e. The predicted octanol–water partition coefficient (Wildman–Crippen LogP) is 3.04. The van der Waals surface area contributed by atoms with E-state index in [0.29, 0.717) is 6.54 Å². The smallest absolute Gasteiger partial charge is 0.0483 e. The SMILES string of the molecule is NCc1[nH]c2cc(Cl)ccc2c1Br. The summed E-state index contributed by atoms with van der Waals surface area (Å²) in [5.74, 6) is 0.